The molecule has 0 saturated heterocycles. The second-order valence-electron chi connectivity index (χ2n) is 6.76. The molecule has 0 atom stereocenters. The van der Waals surface area contributed by atoms with Gasteiger partial charge in [-0.1, -0.05) is 43.2 Å². The number of nitrogens with zero attached hydrogens (tertiary/aromatic N) is 1. The van der Waals surface area contributed by atoms with E-state index in [9.17, 15) is 4.79 Å². The van der Waals surface area contributed by atoms with Crippen LogP contribution in [0.25, 0.3) is 0 Å². The Morgan fingerprint density at radius 1 is 1.15 bits per heavy atom. The van der Waals surface area contributed by atoms with Crippen molar-refractivity contribution in [2.45, 2.75) is 37.6 Å². The largest absolute Gasteiger partial charge is 0.454 e. The van der Waals surface area contributed by atoms with Crippen LogP contribution in [-0.4, -0.2) is 25.5 Å². The fourth-order valence-electron chi connectivity index (χ4n) is 3.66. The predicted molar refractivity (Wildman–Crippen MR) is 117 cm³/mol. The lowest BCUT2D eigenvalue weighted by molar-refractivity contribution is 0.0972. The lowest BCUT2D eigenvalue weighted by atomic mass is 9.79. The van der Waals surface area contributed by atoms with E-state index in [0.717, 1.165) is 6.54 Å². The summed E-state index contributed by atoms with van der Waals surface area (Å²) in [4.78, 5) is 15.4. The molecule has 3 rings (SSSR count). The molecule has 146 valence electrons. The van der Waals surface area contributed by atoms with Gasteiger partial charge in [-0.05, 0) is 30.5 Å². The first-order valence-electron chi connectivity index (χ1n) is 9.01. The molecule has 1 aliphatic carbocycles. The summed E-state index contributed by atoms with van der Waals surface area (Å²) in [7, 11) is 1.75. The van der Waals surface area contributed by atoms with E-state index in [1.807, 2.05) is 0 Å². The number of carbonyl (C=O) groups excluding carboxylic acids is 1. The average molecular weight is 482 g/mol. The first-order valence-corrected chi connectivity index (χ1v) is 9.01. The van der Waals surface area contributed by atoms with E-state index in [0.29, 0.717) is 18.3 Å². The van der Waals surface area contributed by atoms with Gasteiger partial charge in [0.05, 0.1) is 6.54 Å². The van der Waals surface area contributed by atoms with E-state index < -0.39 is 5.91 Å². The minimum absolute atomic E-state index is 0. The standard InChI is InChI=1S/C20H26N4O2.HI/c1-22-19(23-13-16-9-10-17(26-16)18(21)25)24-14-20(11-5-6-12-20)15-7-3-2-4-8-15;/h2-4,7-10H,5-6,11-14H2,1H3,(H2,21,25)(H2,22,23,24);1H. The van der Waals surface area contributed by atoms with Crippen LogP contribution in [0.15, 0.2) is 51.9 Å². The fourth-order valence-corrected chi connectivity index (χ4v) is 3.66. The van der Waals surface area contributed by atoms with Crippen molar-refractivity contribution in [3.63, 3.8) is 0 Å². The van der Waals surface area contributed by atoms with Crippen LogP contribution in [0.2, 0.25) is 0 Å². The molecule has 1 aliphatic rings. The summed E-state index contributed by atoms with van der Waals surface area (Å²) in [6.07, 6.45) is 4.87. The zero-order chi connectivity index (χ0) is 18.4. The third kappa shape index (κ3) is 5.24. The molecule has 2 aromatic rings. The SMILES string of the molecule is CN=C(NCc1ccc(C(N)=O)o1)NCC1(c2ccccc2)CCCC1.I. The van der Waals surface area contributed by atoms with Crippen LogP contribution >= 0.6 is 24.0 Å². The third-order valence-corrected chi connectivity index (χ3v) is 5.10. The van der Waals surface area contributed by atoms with Crippen molar-refractivity contribution in [2.75, 3.05) is 13.6 Å². The third-order valence-electron chi connectivity index (χ3n) is 5.10. The van der Waals surface area contributed by atoms with Crippen molar-refractivity contribution in [1.29, 1.82) is 0 Å². The minimum atomic E-state index is -0.565. The van der Waals surface area contributed by atoms with Crippen LogP contribution in [0.4, 0.5) is 0 Å². The summed E-state index contributed by atoms with van der Waals surface area (Å²) < 4.78 is 5.39. The van der Waals surface area contributed by atoms with Crippen LogP contribution < -0.4 is 16.4 Å². The Morgan fingerprint density at radius 3 is 2.44 bits per heavy atom. The molecular formula is C20H27IN4O2. The normalized spacial score (nSPS) is 15.8. The number of rotatable bonds is 6. The minimum Gasteiger partial charge on any atom is -0.454 e. The van der Waals surface area contributed by atoms with Crippen molar-refractivity contribution in [3.05, 3.63) is 59.5 Å². The number of nitrogens with one attached hydrogen (secondary N) is 2. The molecule has 1 fully saturated rings. The van der Waals surface area contributed by atoms with E-state index >= 15 is 0 Å². The second kappa shape index (κ2) is 9.77. The summed E-state index contributed by atoms with van der Waals surface area (Å²) in [5.41, 5.74) is 6.75. The summed E-state index contributed by atoms with van der Waals surface area (Å²) in [5.74, 6) is 0.952. The van der Waals surface area contributed by atoms with Gasteiger partial charge in [0, 0.05) is 19.0 Å². The smallest absolute Gasteiger partial charge is 0.284 e. The Bertz CT molecular complexity index is 767. The first kappa shape index (κ1) is 21.3. The van der Waals surface area contributed by atoms with Crippen LogP contribution in [0, 0.1) is 0 Å². The van der Waals surface area contributed by atoms with Gasteiger partial charge in [0.1, 0.15) is 5.76 Å². The second-order valence-corrected chi connectivity index (χ2v) is 6.76. The molecule has 1 amide bonds. The number of aliphatic imine (C=N–C) groups is 1. The monoisotopic (exact) mass is 482 g/mol. The van der Waals surface area contributed by atoms with Crippen molar-refractivity contribution in [2.24, 2.45) is 10.7 Å². The van der Waals surface area contributed by atoms with Gasteiger partial charge in [0.15, 0.2) is 11.7 Å². The van der Waals surface area contributed by atoms with Crippen molar-refractivity contribution in [1.82, 2.24) is 10.6 Å². The number of halogens is 1. The predicted octanol–water partition coefficient (Wildman–Crippen LogP) is 3.17. The number of amides is 1. The van der Waals surface area contributed by atoms with E-state index in [-0.39, 0.29) is 35.2 Å². The Balaban J connectivity index is 0.00000261. The van der Waals surface area contributed by atoms with Gasteiger partial charge < -0.3 is 20.8 Å². The maximum atomic E-state index is 11.1. The van der Waals surface area contributed by atoms with Crippen LogP contribution in [-0.2, 0) is 12.0 Å². The summed E-state index contributed by atoms with van der Waals surface area (Å²) in [6, 6.07) is 14.0. The highest BCUT2D eigenvalue weighted by atomic mass is 127. The number of hydrogen-bond acceptors (Lipinski definition) is 3. The molecule has 27 heavy (non-hydrogen) atoms. The number of primary amides is 1. The van der Waals surface area contributed by atoms with Gasteiger partial charge in [-0.3, -0.25) is 9.79 Å². The molecule has 1 aromatic heterocycles. The maximum Gasteiger partial charge on any atom is 0.284 e. The molecule has 1 heterocycles. The summed E-state index contributed by atoms with van der Waals surface area (Å²) >= 11 is 0. The van der Waals surface area contributed by atoms with Crippen LogP contribution in [0.1, 0.15) is 47.6 Å². The molecule has 1 saturated carbocycles. The van der Waals surface area contributed by atoms with Gasteiger partial charge in [0.2, 0.25) is 0 Å². The molecule has 7 heteroatoms. The Kier molecular flexibility index (Phi) is 7.70. The lowest BCUT2D eigenvalue weighted by Crippen LogP contribution is -2.44. The van der Waals surface area contributed by atoms with Gasteiger partial charge in [-0.25, -0.2) is 0 Å². The highest BCUT2D eigenvalue weighted by Gasteiger charge is 2.35. The van der Waals surface area contributed by atoms with Crippen LogP contribution in [0.5, 0.6) is 0 Å². The van der Waals surface area contributed by atoms with E-state index in [4.69, 9.17) is 10.2 Å². The maximum absolute atomic E-state index is 11.1. The number of carbonyl (C=O) groups is 1. The van der Waals surface area contributed by atoms with E-state index in [2.05, 4.69) is 46.0 Å². The van der Waals surface area contributed by atoms with Crippen molar-refractivity contribution in [3.8, 4) is 0 Å². The highest BCUT2D eigenvalue weighted by molar-refractivity contribution is 14.0. The van der Waals surface area contributed by atoms with Gasteiger partial charge in [0.25, 0.3) is 5.91 Å². The Morgan fingerprint density at radius 2 is 1.85 bits per heavy atom. The van der Waals surface area contributed by atoms with Crippen molar-refractivity contribution >= 4 is 35.8 Å². The van der Waals surface area contributed by atoms with E-state index in [1.54, 1.807) is 19.2 Å². The molecule has 0 radical (unpaired) electrons. The number of hydrogen-bond donors (Lipinski definition) is 3. The summed E-state index contributed by atoms with van der Waals surface area (Å²) in [6.45, 7) is 1.27. The lowest BCUT2D eigenvalue weighted by Gasteiger charge is -2.30. The molecule has 0 spiro atoms. The van der Waals surface area contributed by atoms with E-state index in [1.165, 1.54) is 31.2 Å². The molecule has 1 aromatic carbocycles. The quantitative estimate of drug-likeness (QED) is 0.335. The molecular weight excluding hydrogens is 455 g/mol. The van der Waals surface area contributed by atoms with Gasteiger partial charge in [-0.2, -0.15) is 0 Å². The zero-order valence-electron chi connectivity index (χ0n) is 15.5. The average Bonchev–Trinajstić information content (AvgIpc) is 3.33. The zero-order valence-corrected chi connectivity index (χ0v) is 17.9. The molecule has 6 nitrogen and oxygen atoms in total. The number of furan rings is 1. The summed E-state index contributed by atoms with van der Waals surface area (Å²) in [5, 5.41) is 6.68. The topological polar surface area (TPSA) is 92.6 Å². The Labute approximate surface area is 177 Å². The number of benzene rings is 1. The number of nitrogens with two attached hydrogens (primary N) is 1. The van der Waals surface area contributed by atoms with Crippen molar-refractivity contribution < 1.29 is 9.21 Å². The number of guanidine groups is 1. The fraction of sp³-hybridized carbons (Fsp3) is 0.400. The van der Waals surface area contributed by atoms with Gasteiger partial charge >= 0.3 is 0 Å². The highest BCUT2D eigenvalue weighted by Crippen LogP contribution is 2.40. The molecule has 0 bridgehead atoms. The van der Waals surface area contributed by atoms with Crippen LogP contribution in [0.3, 0.4) is 0 Å². The first-order chi connectivity index (χ1) is 12.6. The Hall–Kier alpha value is -2.03. The molecule has 0 aliphatic heterocycles. The molecule has 0 unspecified atom stereocenters. The van der Waals surface area contributed by atoms with Gasteiger partial charge in [-0.15, -0.1) is 24.0 Å². The molecule has 4 N–H and O–H groups in total.